The summed E-state index contributed by atoms with van der Waals surface area (Å²) < 4.78 is 27.8. The number of nitro benzene ring substituents is 1. The van der Waals surface area contributed by atoms with Crippen molar-refractivity contribution in [3.05, 3.63) is 94.5 Å². The van der Waals surface area contributed by atoms with Crippen molar-refractivity contribution < 1.29 is 22.9 Å². The summed E-state index contributed by atoms with van der Waals surface area (Å²) in [5, 5.41) is 14.0. The van der Waals surface area contributed by atoms with E-state index in [1.165, 1.54) is 30.3 Å². The molecule has 10 nitrogen and oxygen atoms in total. The predicted octanol–water partition coefficient (Wildman–Crippen LogP) is 4.05. The monoisotopic (exact) mass is 522 g/mol. The Balaban J connectivity index is 1.64. The summed E-state index contributed by atoms with van der Waals surface area (Å²) in [7, 11) is -4.25. The van der Waals surface area contributed by atoms with E-state index in [0.29, 0.717) is 18.7 Å². The largest absolute Gasteiger partial charge is 0.339 e. The van der Waals surface area contributed by atoms with E-state index in [1.54, 1.807) is 47.4 Å². The highest BCUT2D eigenvalue weighted by molar-refractivity contribution is 7.92. The van der Waals surface area contributed by atoms with Crippen LogP contribution in [0.1, 0.15) is 29.6 Å². The number of anilines is 2. The summed E-state index contributed by atoms with van der Waals surface area (Å²) in [5.41, 5.74) is 0.222. The number of rotatable bonds is 8. The standard InChI is InChI=1S/C26H26N4O6S/c31-25(27-24-15-6-5-14-23(24)26(32)28-16-7-2-8-17-28)19-29(20-10-9-11-21(18-20)30(33)34)37(35,36)22-12-3-1-4-13-22/h1,3-6,9-15,18H,2,7-8,16-17,19H2,(H,27,31). The molecule has 0 bridgehead atoms. The molecule has 11 heteroatoms. The molecule has 192 valence electrons. The van der Waals surface area contributed by atoms with E-state index in [-0.39, 0.29) is 27.9 Å². The van der Waals surface area contributed by atoms with Crippen LogP contribution in [0.2, 0.25) is 0 Å². The number of benzene rings is 3. The van der Waals surface area contributed by atoms with Crippen molar-refractivity contribution in [1.82, 2.24) is 4.90 Å². The van der Waals surface area contributed by atoms with Gasteiger partial charge in [0, 0.05) is 25.2 Å². The molecule has 37 heavy (non-hydrogen) atoms. The first-order chi connectivity index (χ1) is 17.8. The number of para-hydroxylation sites is 1. The number of sulfonamides is 1. The van der Waals surface area contributed by atoms with E-state index in [0.717, 1.165) is 29.6 Å². The molecule has 3 aromatic rings. The number of nitro groups is 1. The van der Waals surface area contributed by atoms with Crippen molar-refractivity contribution in [2.24, 2.45) is 0 Å². The Morgan fingerprint density at radius 3 is 2.30 bits per heavy atom. The molecule has 0 unspecified atom stereocenters. The average molecular weight is 523 g/mol. The highest BCUT2D eigenvalue weighted by Gasteiger charge is 2.29. The van der Waals surface area contributed by atoms with Crippen LogP contribution in [0.5, 0.6) is 0 Å². The molecule has 0 saturated carbocycles. The number of likely N-dealkylation sites (tertiary alicyclic amines) is 1. The molecule has 1 heterocycles. The van der Waals surface area contributed by atoms with Crippen LogP contribution in [0.25, 0.3) is 0 Å². The topological polar surface area (TPSA) is 130 Å². The van der Waals surface area contributed by atoms with Crippen LogP contribution < -0.4 is 9.62 Å². The molecule has 1 aliphatic heterocycles. The molecule has 2 amide bonds. The number of amides is 2. The first kappa shape index (κ1) is 25.8. The summed E-state index contributed by atoms with van der Waals surface area (Å²) in [6.45, 7) is 0.610. The van der Waals surface area contributed by atoms with Gasteiger partial charge < -0.3 is 10.2 Å². The molecule has 1 aliphatic rings. The number of carbonyl (C=O) groups is 2. The van der Waals surface area contributed by atoms with E-state index < -0.39 is 27.4 Å². The number of non-ortho nitro benzene ring substituents is 1. The Morgan fingerprint density at radius 1 is 0.919 bits per heavy atom. The zero-order chi connectivity index (χ0) is 26.4. The summed E-state index contributed by atoms with van der Waals surface area (Å²) >= 11 is 0. The molecule has 1 N–H and O–H groups in total. The van der Waals surface area contributed by atoms with Crippen molar-refractivity contribution in [3.63, 3.8) is 0 Å². The van der Waals surface area contributed by atoms with Crippen LogP contribution in [0.3, 0.4) is 0 Å². The number of nitrogens with zero attached hydrogens (tertiary/aromatic N) is 3. The van der Waals surface area contributed by atoms with E-state index in [9.17, 15) is 28.1 Å². The summed E-state index contributed by atoms with van der Waals surface area (Å²) in [6.07, 6.45) is 2.89. The summed E-state index contributed by atoms with van der Waals surface area (Å²) in [6, 6.07) is 19.1. The van der Waals surface area contributed by atoms with Gasteiger partial charge in [0.2, 0.25) is 5.91 Å². The van der Waals surface area contributed by atoms with Crippen LogP contribution in [-0.4, -0.2) is 49.7 Å². The van der Waals surface area contributed by atoms with Gasteiger partial charge in [0.25, 0.3) is 21.6 Å². The summed E-state index contributed by atoms with van der Waals surface area (Å²) in [5.74, 6) is -0.909. The van der Waals surface area contributed by atoms with Crippen molar-refractivity contribution in [2.45, 2.75) is 24.2 Å². The fourth-order valence-corrected chi connectivity index (χ4v) is 5.60. The van der Waals surface area contributed by atoms with Crippen molar-refractivity contribution in [3.8, 4) is 0 Å². The lowest BCUT2D eigenvalue weighted by atomic mass is 10.1. The average Bonchev–Trinajstić information content (AvgIpc) is 2.92. The second kappa shape index (κ2) is 11.2. The summed E-state index contributed by atoms with van der Waals surface area (Å²) in [4.78, 5) is 38.6. The van der Waals surface area contributed by atoms with Gasteiger partial charge in [-0.25, -0.2) is 8.42 Å². The molecule has 0 aromatic heterocycles. The molecular weight excluding hydrogens is 496 g/mol. The molecule has 1 saturated heterocycles. The van der Waals surface area contributed by atoms with E-state index in [2.05, 4.69) is 5.32 Å². The molecule has 4 rings (SSSR count). The maximum atomic E-state index is 13.5. The molecule has 3 aromatic carbocycles. The Morgan fingerprint density at radius 2 is 1.59 bits per heavy atom. The molecule has 0 spiro atoms. The van der Waals surface area contributed by atoms with Crippen molar-refractivity contribution in [2.75, 3.05) is 29.3 Å². The van der Waals surface area contributed by atoms with E-state index >= 15 is 0 Å². The van der Waals surface area contributed by atoms with Crippen LogP contribution in [0, 0.1) is 10.1 Å². The number of hydrogen-bond acceptors (Lipinski definition) is 6. The fourth-order valence-electron chi connectivity index (χ4n) is 4.16. The second-order valence-corrected chi connectivity index (χ2v) is 10.4. The maximum Gasteiger partial charge on any atom is 0.271 e. The maximum absolute atomic E-state index is 13.5. The molecule has 1 fully saturated rings. The lowest BCUT2D eigenvalue weighted by molar-refractivity contribution is -0.384. The zero-order valence-corrected chi connectivity index (χ0v) is 20.8. The minimum Gasteiger partial charge on any atom is -0.339 e. The third-order valence-corrected chi connectivity index (χ3v) is 7.81. The SMILES string of the molecule is O=C(CN(c1cccc([N+](=O)[O-])c1)S(=O)(=O)c1ccccc1)Nc1ccccc1C(=O)N1CCCCC1. The van der Waals surface area contributed by atoms with Gasteiger partial charge in [-0.15, -0.1) is 0 Å². The third-order valence-electron chi connectivity index (χ3n) is 6.02. The molecule has 0 atom stereocenters. The first-order valence-electron chi connectivity index (χ1n) is 11.8. The van der Waals surface area contributed by atoms with Gasteiger partial charge in [0.05, 0.1) is 26.8 Å². The number of nitrogens with one attached hydrogen (secondary N) is 1. The highest BCUT2D eigenvalue weighted by atomic mass is 32.2. The fraction of sp³-hybridized carbons (Fsp3) is 0.231. The molecule has 0 radical (unpaired) electrons. The highest BCUT2D eigenvalue weighted by Crippen LogP contribution is 2.27. The minimum absolute atomic E-state index is 0.0362. The Hall–Kier alpha value is -4.25. The van der Waals surface area contributed by atoms with Crippen molar-refractivity contribution in [1.29, 1.82) is 0 Å². The van der Waals surface area contributed by atoms with Gasteiger partial charge in [-0.1, -0.05) is 36.4 Å². The van der Waals surface area contributed by atoms with Gasteiger partial charge in [0.15, 0.2) is 0 Å². The quantitative estimate of drug-likeness (QED) is 0.351. The minimum atomic E-state index is -4.25. The number of piperidine rings is 1. The second-order valence-electron chi connectivity index (χ2n) is 8.55. The Kier molecular flexibility index (Phi) is 7.83. The molecular formula is C26H26N4O6S. The van der Waals surface area contributed by atoms with E-state index in [1.807, 2.05) is 0 Å². The lowest BCUT2D eigenvalue weighted by Gasteiger charge is -2.28. The van der Waals surface area contributed by atoms with Crippen molar-refractivity contribution >= 4 is 38.9 Å². The Labute approximate surface area is 214 Å². The van der Waals surface area contributed by atoms with Gasteiger partial charge in [-0.05, 0) is 49.6 Å². The van der Waals surface area contributed by atoms with E-state index in [4.69, 9.17) is 0 Å². The first-order valence-corrected chi connectivity index (χ1v) is 13.2. The van der Waals surface area contributed by atoms with Crippen LogP contribution >= 0.6 is 0 Å². The van der Waals surface area contributed by atoms with Gasteiger partial charge >= 0.3 is 0 Å². The van der Waals surface area contributed by atoms with Gasteiger partial charge in [-0.2, -0.15) is 0 Å². The Bertz CT molecular complexity index is 1410. The molecule has 0 aliphatic carbocycles. The number of hydrogen-bond donors (Lipinski definition) is 1. The smallest absolute Gasteiger partial charge is 0.271 e. The van der Waals surface area contributed by atoms with Gasteiger partial charge in [-0.3, -0.25) is 24.0 Å². The normalized spacial score (nSPS) is 13.6. The lowest BCUT2D eigenvalue weighted by Crippen LogP contribution is -2.39. The number of carbonyl (C=O) groups excluding carboxylic acids is 2. The van der Waals surface area contributed by atoms with Crippen LogP contribution in [0.15, 0.2) is 83.8 Å². The van der Waals surface area contributed by atoms with Crippen LogP contribution in [-0.2, 0) is 14.8 Å². The van der Waals surface area contributed by atoms with Crippen LogP contribution in [0.4, 0.5) is 17.1 Å². The predicted molar refractivity (Wildman–Crippen MR) is 139 cm³/mol. The third kappa shape index (κ3) is 5.95. The zero-order valence-electron chi connectivity index (χ0n) is 19.9. The van der Waals surface area contributed by atoms with Gasteiger partial charge in [0.1, 0.15) is 6.54 Å².